The number of rotatable bonds is 6. The van der Waals surface area contributed by atoms with Crippen molar-refractivity contribution in [2.75, 3.05) is 13.1 Å². The van der Waals surface area contributed by atoms with E-state index >= 15 is 0 Å². The van der Waals surface area contributed by atoms with Gasteiger partial charge in [-0.25, -0.2) is 0 Å². The highest BCUT2D eigenvalue weighted by atomic mass is 16.3. The molecular formula is C17H29N3O2. The Morgan fingerprint density at radius 1 is 1.36 bits per heavy atom. The Labute approximate surface area is 133 Å². The summed E-state index contributed by atoms with van der Waals surface area (Å²) in [6, 6.07) is 4.31. The Morgan fingerprint density at radius 3 is 2.77 bits per heavy atom. The molecule has 1 aliphatic carbocycles. The molecule has 0 radical (unpaired) electrons. The molecule has 0 aromatic carbocycles. The molecule has 0 spiro atoms. The van der Waals surface area contributed by atoms with E-state index in [1.807, 2.05) is 12.1 Å². The van der Waals surface area contributed by atoms with Crippen molar-refractivity contribution >= 4 is 5.96 Å². The van der Waals surface area contributed by atoms with Crippen LogP contribution in [0.1, 0.15) is 45.3 Å². The standard InChI is InChI=1S/C17H29N3O2/c1-13(2)12-19-17(18-10-9-16-4-3-11-22-16)20-14-5-7-15(21)8-6-14/h3-4,11,13-15,21H,5-10,12H2,1-2H3,(H2,18,19,20). The van der Waals surface area contributed by atoms with Gasteiger partial charge in [0, 0.05) is 25.6 Å². The third-order valence-electron chi connectivity index (χ3n) is 3.90. The topological polar surface area (TPSA) is 69.8 Å². The smallest absolute Gasteiger partial charge is 0.191 e. The first-order valence-electron chi connectivity index (χ1n) is 8.38. The van der Waals surface area contributed by atoms with Gasteiger partial charge >= 0.3 is 0 Å². The minimum absolute atomic E-state index is 0.124. The van der Waals surface area contributed by atoms with Gasteiger partial charge in [-0.1, -0.05) is 13.8 Å². The van der Waals surface area contributed by atoms with E-state index in [-0.39, 0.29) is 6.10 Å². The molecule has 1 aliphatic rings. The van der Waals surface area contributed by atoms with Gasteiger partial charge in [-0.2, -0.15) is 0 Å². The largest absolute Gasteiger partial charge is 0.469 e. The fraction of sp³-hybridized carbons (Fsp3) is 0.706. The van der Waals surface area contributed by atoms with E-state index in [9.17, 15) is 5.11 Å². The molecule has 0 aliphatic heterocycles. The molecule has 22 heavy (non-hydrogen) atoms. The van der Waals surface area contributed by atoms with Gasteiger partial charge in [0.1, 0.15) is 5.76 Å². The molecule has 0 bridgehead atoms. The maximum atomic E-state index is 9.60. The number of aliphatic hydroxyl groups is 1. The third-order valence-corrected chi connectivity index (χ3v) is 3.90. The number of nitrogens with zero attached hydrogens (tertiary/aromatic N) is 1. The molecule has 0 atom stereocenters. The third kappa shape index (κ3) is 6.10. The van der Waals surface area contributed by atoms with Crippen LogP contribution in [-0.4, -0.2) is 36.3 Å². The fourth-order valence-electron chi connectivity index (χ4n) is 2.60. The molecule has 1 saturated carbocycles. The molecule has 1 fully saturated rings. The normalized spacial score (nSPS) is 22.8. The molecule has 2 rings (SSSR count). The maximum Gasteiger partial charge on any atom is 0.191 e. The molecule has 124 valence electrons. The van der Waals surface area contributed by atoms with Crippen molar-refractivity contribution in [3.63, 3.8) is 0 Å². The SMILES string of the molecule is CC(C)CN=C(NCCc1ccco1)NC1CCC(O)CC1. The quantitative estimate of drug-likeness (QED) is 0.557. The summed E-state index contributed by atoms with van der Waals surface area (Å²) in [4.78, 5) is 4.66. The van der Waals surface area contributed by atoms with Crippen LogP contribution in [0.3, 0.4) is 0 Å². The van der Waals surface area contributed by atoms with E-state index < -0.39 is 0 Å². The van der Waals surface area contributed by atoms with Gasteiger partial charge in [-0.3, -0.25) is 4.99 Å². The number of hydrogen-bond donors (Lipinski definition) is 3. The fourth-order valence-corrected chi connectivity index (χ4v) is 2.60. The van der Waals surface area contributed by atoms with Crippen molar-refractivity contribution in [2.45, 2.75) is 58.1 Å². The average molecular weight is 307 g/mol. The lowest BCUT2D eigenvalue weighted by Gasteiger charge is -2.27. The van der Waals surface area contributed by atoms with Crippen molar-refractivity contribution in [3.05, 3.63) is 24.2 Å². The van der Waals surface area contributed by atoms with Crippen LogP contribution in [-0.2, 0) is 6.42 Å². The number of hydrogen-bond acceptors (Lipinski definition) is 3. The number of guanidine groups is 1. The van der Waals surface area contributed by atoms with Crippen LogP contribution in [0.2, 0.25) is 0 Å². The van der Waals surface area contributed by atoms with E-state index in [1.165, 1.54) is 0 Å². The number of nitrogens with one attached hydrogen (secondary N) is 2. The van der Waals surface area contributed by atoms with E-state index in [2.05, 4.69) is 29.5 Å². The van der Waals surface area contributed by atoms with Crippen LogP contribution in [0.4, 0.5) is 0 Å². The second-order valence-corrected chi connectivity index (χ2v) is 6.49. The van der Waals surface area contributed by atoms with Gasteiger partial charge in [-0.05, 0) is 43.7 Å². The molecule has 1 aromatic heterocycles. The van der Waals surface area contributed by atoms with Crippen LogP contribution in [0, 0.1) is 5.92 Å². The zero-order valence-corrected chi connectivity index (χ0v) is 13.7. The average Bonchev–Trinajstić information content (AvgIpc) is 3.00. The van der Waals surface area contributed by atoms with E-state index in [0.29, 0.717) is 12.0 Å². The van der Waals surface area contributed by atoms with Crippen LogP contribution >= 0.6 is 0 Å². The number of aliphatic hydroxyl groups excluding tert-OH is 1. The Kier molecular flexibility index (Phi) is 6.77. The Hall–Kier alpha value is -1.49. The van der Waals surface area contributed by atoms with E-state index in [1.54, 1.807) is 6.26 Å². The van der Waals surface area contributed by atoms with Crippen molar-refractivity contribution in [2.24, 2.45) is 10.9 Å². The van der Waals surface area contributed by atoms with Gasteiger partial charge in [0.25, 0.3) is 0 Å². The van der Waals surface area contributed by atoms with Crippen LogP contribution in [0.15, 0.2) is 27.8 Å². The van der Waals surface area contributed by atoms with Gasteiger partial charge < -0.3 is 20.2 Å². The van der Waals surface area contributed by atoms with Gasteiger partial charge in [0.2, 0.25) is 0 Å². The summed E-state index contributed by atoms with van der Waals surface area (Å²) in [6.45, 7) is 5.94. The minimum atomic E-state index is -0.124. The minimum Gasteiger partial charge on any atom is -0.469 e. The lowest BCUT2D eigenvalue weighted by Crippen LogP contribution is -2.46. The molecule has 5 nitrogen and oxygen atoms in total. The Bertz CT molecular complexity index is 435. The summed E-state index contributed by atoms with van der Waals surface area (Å²) in [5, 5.41) is 16.5. The monoisotopic (exact) mass is 307 g/mol. The molecule has 0 amide bonds. The van der Waals surface area contributed by atoms with Crippen LogP contribution in [0.5, 0.6) is 0 Å². The summed E-state index contributed by atoms with van der Waals surface area (Å²) in [5.74, 6) is 2.40. The highest BCUT2D eigenvalue weighted by Gasteiger charge is 2.20. The molecule has 0 saturated heterocycles. The lowest BCUT2D eigenvalue weighted by atomic mass is 9.93. The molecule has 0 unspecified atom stereocenters. The van der Waals surface area contributed by atoms with Gasteiger partial charge in [-0.15, -0.1) is 0 Å². The van der Waals surface area contributed by atoms with E-state index in [0.717, 1.165) is 56.9 Å². The number of aliphatic imine (C=N–C) groups is 1. The van der Waals surface area contributed by atoms with Crippen LogP contribution in [0.25, 0.3) is 0 Å². The van der Waals surface area contributed by atoms with Crippen LogP contribution < -0.4 is 10.6 Å². The second kappa shape index (κ2) is 8.83. The number of furan rings is 1. The first-order chi connectivity index (χ1) is 10.6. The van der Waals surface area contributed by atoms with Crippen molar-refractivity contribution in [1.29, 1.82) is 0 Å². The zero-order chi connectivity index (χ0) is 15.8. The summed E-state index contributed by atoms with van der Waals surface area (Å²) in [5.41, 5.74) is 0. The summed E-state index contributed by atoms with van der Waals surface area (Å²) in [7, 11) is 0. The lowest BCUT2D eigenvalue weighted by molar-refractivity contribution is 0.120. The zero-order valence-electron chi connectivity index (χ0n) is 13.7. The molecule has 1 aromatic rings. The maximum absolute atomic E-state index is 9.60. The summed E-state index contributed by atoms with van der Waals surface area (Å²) >= 11 is 0. The van der Waals surface area contributed by atoms with E-state index in [4.69, 9.17) is 4.42 Å². The van der Waals surface area contributed by atoms with Crippen molar-refractivity contribution in [3.8, 4) is 0 Å². The molecule has 5 heteroatoms. The van der Waals surface area contributed by atoms with Crippen molar-refractivity contribution < 1.29 is 9.52 Å². The second-order valence-electron chi connectivity index (χ2n) is 6.49. The molecular weight excluding hydrogens is 278 g/mol. The molecule has 3 N–H and O–H groups in total. The first-order valence-corrected chi connectivity index (χ1v) is 8.38. The molecule has 1 heterocycles. The highest BCUT2D eigenvalue weighted by Crippen LogP contribution is 2.18. The highest BCUT2D eigenvalue weighted by molar-refractivity contribution is 5.80. The van der Waals surface area contributed by atoms with Gasteiger partial charge in [0.05, 0.1) is 12.4 Å². The Balaban J connectivity index is 1.81. The predicted octanol–water partition coefficient (Wildman–Crippen LogP) is 2.32. The van der Waals surface area contributed by atoms with Crippen molar-refractivity contribution in [1.82, 2.24) is 10.6 Å². The first kappa shape index (κ1) is 16.9. The summed E-state index contributed by atoms with van der Waals surface area (Å²) < 4.78 is 5.35. The van der Waals surface area contributed by atoms with Gasteiger partial charge in [0.15, 0.2) is 5.96 Å². The summed E-state index contributed by atoms with van der Waals surface area (Å²) in [6.07, 6.45) is 6.18. The Morgan fingerprint density at radius 2 is 2.14 bits per heavy atom. The predicted molar refractivity (Wildman–Crippen MR) is 89.0 cm³/mol.